The maximum Gasteiger partial charge on any atom is 0.267 e. The summed E-state index contributed by atoms with van der Waals surface area (Å²) in [5, 5.41) is 8.86. The highest BCUT2D eigenvalue weighted by Gasteiger charge is 2.24. The lowest BCUT2D eigenvalue weighted by atomic mass is 9.96. The largest absolute Gasteiger partial charge is 0.354 e. The van der Waals surface area contributed by atoms with Crippen LogP contribution in [0.5, 0.6) is 0 Å². The Morgan fingerprint density at radius 2 is 2.30 bits per heavy atom. The summed E-state index contributed by atoms with van der Waals surface area (Å²) < 4.78 is 0. The molecule has 1 rings (SSSR count). The van der Waals surface area contributed by atoms with Crippen LogP contribution in [-0.4, -0.2) is 30.2 Å². The first-order chi connectivity index (χ1) is 9.53. The zero-order chi connectivity index (χ0) is 15.1. The van der Waals surface area contributed by atoms with Crippen molar-refractivity contribution in [3.8, 4) is 0 Å². The van der Waals surface area contributed by atoms with Crippen LogP contribution in [0.2, 0.25) is 0 Å². The molecule has 0 bridgehead atoms. The normalized spacial score (nSPS) is 19.7. The summed E-state index contributed by atoms with van der Waals surface area (Å²) >= 11 is 0. The van der Waals surface area contributed by atoms with Crippen molar-refractivity contribution in [2.24, 2.45) is 11.0 Å². The molecular weight excluding hydrogens is 250 g/mol. The minimum atomic E-state index is -0.132. The number of nitrogens with one attached hydrogen (secondary N) is 1. The Morgan fingerprint density at radius 3 is 2.85 bits per heavy atom. The van der Waals surface area contributed by atoms with E-state index in [1.165, 1.54) is 0 Å². The number of carbonyl (C=O) groups excluding carboxylic acids is 1. The van der Waals surface area contributed by atoms with Crippen molar-refractivity contribution in [1.29, 1.82) is 0 Å². The van der Waals surface area contributed by atoms with Crippen LogP contribution in [0.25, 0.3) is 0 Å². The van der Waals surface area contributed by atoms with Gasteiger partial charge in [-0.15, -0.1) is 0 Å². The van der Waals surface area contributed by atoms with E-state index in [1.807, 2.05) is 45.2 Å². The number of rotatable bonds is 5. The Bertz CT molecular complexity index is 498. The van der Waals surface area contributed by atoms with Gasteiger partial charge < -0.3 is 5.32 Å². The number of amides is 1. The molecule has 1 N–H and O–H groups in total. The first-order valence-corrected chi connectivity index (χ1v) is 6.73. The van der Waals surface area contributed by atoms with Gasteiger partial charge in [0.25, 0.3) is 5.91 Å². The fraction of sp³-hybridized carbons (Fsp3) is 0.375. The van der Waals surface area contributed by atoms with E-state index in [0.717, 1.165) is 11.1 Å². The van der Waals surface area contributed by atoms with Gasteiger partial charge in [-0.25, -0.2) is 0 Å². The summed E-state index contributed by atoms with van der Waals surface area (Å²) in [6.45, 7) is 10.4. The number of allylic oxidation sites excluding steroid dienone is 4. The summed E-state index contributed by atoms with van der Waals surface area (Å²) in [6.07, 6.45) is 9.69. The third kappa shape index (κ3) is 3.95. The number of nitrogens with zero attached hydrogens (tertiary/aromatic N) is 2. The van der Waals surface area contributed by atoms with Gasteiger partial charge in [-0.3, -0.25) is 9.80 Å². The standard InChI is InChI=1S/C16H23N3O/c1-6-8-9-14(7-2)11-19-10-12(3)13(4)15(18-19)16(20)17-5/h6-10,13H,2,11H2,1,3-5H3,(H,17,20)/b8-6-,14-9+. The molecule has 0 spiro atoms. The van der Waals surface area contributed by atoms with Crippen LogP contribution in [0.3, 0.4) is 0 Å². The minimum Gasteiger partial charge on any atom is -0.354 e. The molecule has 20 heavy (non-hydrogen) atoms. The van der Waals surface area contributed by atoms with Gasteiger partial charge in [0.2, 0.25) is 0 Å². The highest BCUT2D eigenvalue weighted by Crippen LogP contribution is 2.20. The van der Waals surface area contributed by atoms with Crippen LogP contribution in [-0.2, 0) is 4.79 Å². The molecule has 1 aliphatic rings. The molecule has 0 saturated heterocycles. The SMILES string of the molecule is C=C/C(=C\C=C/C)CN1C=C(C)C(C)C(C(=O)NC)=N1. The van der Waals surface area contributed by atoms with Gasteiger partial charge in [0.05, 0.1) is 6.54 Å². The lowest BCUT2D eigenvalue weighted by molar-refractivity contribution is -0.114. The summed E-state index contributed by atoms with van der Waals surface area (Å²) in [5.74, 6) is -0.0922. The molecule has 1 amide bonds. The Morgan fingerprint density at radius 1 is 1.60 bits per heavy atom. The minimum absolute atomic E-state index is 0.0397. The first kappa shape index (κ1) is 16.0. The van der Waals surface area contributed by atoms with E-state index < -0.39 is 0 Å². The topological polar surface area (TPSA) is 44.7 Å². The fourth-order valence-corrected chi connectivity index (χ4v) is 1.86. The average molecular weight is 273 g/mol. The molecule has 1 aliphatic heterocycles. The highest BCUT2D eigenvalue weighted by atomic mass is 16.1. The Balaban J connectivity index is 2.97. The zero-order valence-electron chi connectivity index (χ0n) is 12.7. The second-order valence-corrected chi connectivity index (χ2v) is 4.73. The van der Waals surface area contributed by atoms with Crippen LogP contribution >= 0.6 is 0 Å². The third-order valence-corrected chi connectivity index (χ3v) is 3.25. The highest BCUT2D eigenvalue weighted by molar-refractivity contribution is 6.40. The predicted molar refractivity (Wildman–Crippen MR) is 84.2 cm³/mol. The van der Waals surface area contributed by atoms with Gasteiger partial charge in [0.1, 0.15) is 5.71 Å². The fourth-order valence-electron chi connectivity index (χ4n) is 1.86. The van der Waals surface area contributed by atoms with E-state index in [0.29, 0.717) is 12.3 Å². The average Bonchev–Trinajstić information content (AvgIpc) is 2.45. The molecule has 0 saturated carbocycles. The monoisotopic (exact) mass is 273 g/mol. The van der Waals surface area contributed by atoms with Gasteiger partial charge in [-0.1, -0.05) is 37.8 Å². The van der Waals surface area contributed by atoms with Crippen molar-refractivity contribution in [1.82, 2.24) is 10.3 Å². The Hall–Kier alpha value is -2.10. The molecule has 4 nitrogen and oxygen atoms in total. The van der Waals surface area contributed by atoms with E-state index in [1.54, 1.807) is 18.1 Å². The summed E-state index contributed by atoms with van der Waals surface area (Å²) in [7, 11) is 1.62. The maximum atomic E-state index is 11.9. The van der Waals surface area contributed by atoms with Gasteiger partial charge in [0.15, 0.2) is 0 Å². The molecule has 1 heterocycles. The van der Waals surface area contributed by atoms with Crippen molar-refractivity contribution in [3.05, 3.63) is 48.2 Å². The molecule has 0 aliphatic carbocycles. The van der Waals surface area contributed by atoms with E-state index in [4.69, 9.17) is 0 Å². The van der Waals surface area contributed by atoms with Crippen molar-refractivity contribution >= 4 is 11.6 Å². The number of hydrazone groups is 1. The van der Waals surface area contributed by atoms with E-state index in [-0.39, 0.29) is 11.8 Å². The van der Waals surface area contributed by atoms with Crippen molar-refractivity contribution in [3.63, 3.8) is 0 Å². The summed E-state index contributed by atoms with van der Waals surface area (Å²) in [5.41, 5.74) is 2.71. The molecule has 0 fully saturated rings. The molecule has 108 valence electrons. The number of hydrogen-bond acceptors (Lipinski definition) is 3. The molecule has 0 aromatic rings. The van der Waals surface area contributed by atoms with E-state index in [9.17, 15) is 4.79 Å². The number of carbonyl (C=O) groups is 1. The number of hydrogen-bond donors (Lipinski definition) is 1. The lowest BCUT2D eigenvalue weighted by Crippen LogP contribution is -2.37. The molecule has 4 heteroatoms. The van der Waals surface area contributed by atoms with Gasteiger partial charge >= 0.3 is 0 Å². The maximum absolute atomic E-state index is 11.9. The predicted octanol–water partition coefficient (Wildman–Crippen LogP) is 2.63. The molecule has 0 aromatic carbocycles. The molecule has 0 aromatic heterocycles. The molecule has 1 atom stereocenters. The van der Waals surface area contributed by atoms with Crippen LogP contribution in [0.15, 0.2) is 53.3 Å². The quantitative estimate of drug-likeness (QED) is 0.783. The van der Waals surface area contributed by atoms with Crippen molar-refractivity contribution < 1.29 is 4.79 Å². The summed E-state index contributed by atoms with van der Waals surface area (Å²) in [4.78, 5) is 11.9. The van der Waals surface area contributed by atoms with Gasteiger partial charge in [0, 0.05) is 19.2 Å². The zero-order valence-corrected chi connectivity index (χ0v) is 12.7. The smallest absolute Gasteiger partial charge is 0.267 e. The Labute approximate surface area is 121 Å². The molecule has 0 radical (unpaired) electrons. The first-order valence-electron chi connectivity index (χ1n) is 6.73. The van der Waals surface area contributed by atoms with Crippen LogP contribution in [0, 0.1) is 5.92 Å². The lowest BCUT2D eigenvalue weighted by Gasteiger charge is -2.26. The molecular formula is C16H23N3O. The Kier molecular flexibility index (Phi) is 5.97. The van der Waals surface area contributed by atoms with Crippen LogP contribution in [0.1, 0.15) is 20.8 Å². The van der Waals surface area contributed by atoms with Crippen molar-refractivity contribution in [2.45, 2.75) is 20.8 Å². The third-order valence-electron chi connectivity index (χ3n) is 3.25. The van der Waals surface area contributed by atoms with Crippen LogP contribution < -0.4 is 5.32 Å². The van der Waals surface area contributed by atoms with E-state index in [2.05, 4.69) is 17.0 Å². The second-order valence-electron chi connectivity index (χ2n) is 4.73. The summed E-state index contributed by atoms with van der Waals surface area (Å²) in [6, 6.07) is 0. The van der Waals surface area contributed by atoms with E-state index >= 15 is 0 Å². The van der Waals surface area contributed by atoms with Crippen molar-refractivity contribution in [2.75, 3.05) is 13.6 Å². The van der Waals surface area contributed by atoms with Gasteiger partial charge in [-0.2, -0.15) is 5.10 Å². The van der Waals surface area contributed by atoms with Crippen LogP contribution in [0.4, 0.5) is 0 Å². The second kappa shape index (κ2) is 7.48. The van der Waals surface area contributed by atoms with Gasteiger partial charge in [-0.05, 0) is 25.0 Å². The molecule has 1 unspecified atom stereocenters.